The zero-order valence-electron chi connectivity index (χ0n) is 12.8. The molecular formula is C13H6F12N2O. The first kappa shape index (κ1) is 22.1. The number of rotatable bonds is 1. The summed E-state index contributed by atoms with van der Waals surface area (Å²) >= 11 is 0. The lowest BCUT2D eigenvalue weighted by molar-refractivity contribution is -0.255. The van der Waals surface area contributed by atoms with Crippen LogP contribution in [0.3, 0.4) is 0 Å². The molecule has 1 unspecified atom stereocenters. The van der Waals surface area contributed by atoms with Gasteiger partial charge in [-0.25, -0.2) is 5.01 Å². The molecule has 1 heterocycles. The molecular weight excluding hydrogens is 428 g/mol. The van der Waals surface area contributed by atoms with Gasteiger partial charge in [0.1, 0.15) is 5.71 Å². The number of hydrogen-bond acceptors (Lipinski definition) is 3. The van der Waals surface area contributed by atoms with Crippen molar-refractivity contribution in [2.24, 2.45) is 5.10 Å². The highest BCUT2D eigenvalue weighted by Gasteiger charge is 2.65. The predicted molar refractivity (Wildman–Crippen MR) is 68.0 cm³/mol. The van der Waals surface area contributed by atoms with Crippen molar-refractivity contribution >= 4 is 11.4 Å². The van der Waals surface area contributed by atoms with Crippen LogP contribution in [0.5, 0.6) is 0 Å². The van der Waals surface area contributed by atoms with Crippen LogP contribution in [-0.4, -0.2) is 28.9 Å². The highest BCUT2D eigenvalue weighted by Crippen LogP contribution is 2.47. The predicted octanol–water partition coefficient (Wildman–Crippen LogP) is 5.10. The summed E-state index contributed by atoms with van der Waals surface area (Å²) in [6.07, 6.45) is -24.7. The number of anilines is 1. The Bertz CT molecular complexity index is 756. The number of halogens is 12. The molecule has 0 amide bonds. The van der Waals surface area contributed by atoms with Crippen molar-refractivity contribution in [1.82, 2.24) is 0 Å². The zero-order chi connectivity index (χ0) is 21.9. The van der Waals surface area contributed by atoms with Crippen molar-refractivity contribution in [3.8, 4) is 0 Å². The van der Waals surface area contributed by atoms with Crippen molar-refractivity contribution in [2.75, 3.05) is 5.01 Å². The second-order valence-corrected chi connectivity index (χ2v) is 5.61. The molecule has 0 aromatic heterocycles. The van der Waals surface area contributed by atoms with Gasteiger partial charge in [0, 0.05) is 0 Å². The van der Waals surface area contributed by atoms with Crippen LogP contribution >= 0.6 is 0 Å². The Balaban J connectivity index is 2.76. The first-order chi connectivity index (χ1) is 12.3. The minimum absolute atomic E-state index is 0.283. The normalized spacial score (nSPS) is 21.9. The Morgan fingerprint density at radius 2 is 1.18 bits per heavy atom. The summed E-state index contributed by atoms with van der Waals surface area (Å²) in [7, 11) is 0. The zero-order valence-corrected chi connectivity index (χ0v) is 12.8. The molecule has 1 aromatic carbocycles. The molecule has 15 heteroatoms. The van der Waals surface area contributed by atoms with Gasteiger partial charge < -0.3 is 5.11 Å². The molecule has 0 radical (unpaired) electrons. The van der Waals surface area contributed by atoms with Crippen LogP contribution in [0.25, 0.3) is 0 Å². The number of nitrogens with zero attached hydrogens (tertiary/aromatic N) is 2. The van der Waals surface area contributed by atoms with E-state index in [0.717, 1.165) is 0 Å². The highest BCUT2D eigenvalue weighted by atomic mass is 19.4. The molecule has 2 rings (SSSR count). The average molecular weight is 434 g/mol. The Morgan fingerprint density at radius 1 is 0.750 bits per heavy atom. The van der Waals surface area contributed by atoms with Crippen LogP contribution in [-0.2, 0) is 12.4 Å². The topological polar surface area (TPSA) is 35.8 Å². The Labute approximate surface area is 146 Å². The third-order valence-corrected chi connectivity index (χ3v) is 3.58. The lowest BCUT2D eigenvalue weighted by atomic mass is 10.0. The Kier molecular flexibility index (Phi) is 4.86. The van der Waals surface area contributed by atoms with Crippen LogP contribution in [0.15, 0.2) is 23.3 Å². The van der Waals surface area contributed by atoms with Gasteiger partial charge in [-0.2, -0.15) is 57.8 Å². The molecule has 1 aromatic rings. The maximum absolute atomic E-state index is 13.1. The third kappa shape index (κ3) is 3.98. The van der Waals surface area contributed by atoms with Gasteiger partial charge in [0.2, 0.25) is 0 Å². The first-order valence-electron chi connectivity index (χ1n) is 6.80. The lowest BCUT2D eigenvalue weighted by Crippen LogP contribution is -2.55. The largest absolute Gasteiger partial charge is 0.438 e. The number of alkyl halides is 12. The van der Waals surface area contributed by atoms with Gasteiger partial charge in [-0.3, -0.25) is 0 Å². The van der Waals surface area contributed by atoms with Crippen molar-refractivity contribution in [2.45, 2.75) is 36.9 Å². The monoisotopic (exact) mass is 434 g/mol. The van der Waals surface area contributed by atoms with Crippen molar-refractivity contribution in [3.05, 3.63) is 29.3 Å². The van der Waals surface area contributed by atoms with Crippen molar-refractivity contribution < 1.29 is 57.8 Å². The van der Waals surface area contributed by atoms with Gasteiger partial charge in [0.25, 0.3) is 5.72 Å². The van der Waals surface area contributed by atoms with E-state index < -0.39 is 70.5 Å². The smallest absolute Gasteiger partial charge is 0.362 e. The molecule has 28 heavy (non-hydrogen) atoms. The van der Waals surface area contributed by atoms with Crippen LogP contribution < -0.4 is 5.01 Å². The van der Waals surface area contributed by atoms with Crippen LogP contribution in [0.2, 0.25) is 0 Å². The standard InChI is InChI=1S/C13H6F12N2O/c14-10(15,16)5-1-6(11(17,18)19)3-7(2-5)27-9(28,13(23,24)25)4-8(26-27)12(20,21)22/h1-3,28H,4H2. The van der Waals surface area contributed by atoms with E-state index in [4.69, 9.17) is 0 Å². The number of benzene rings is 1. The summed E-state index contributed by atoms with van der Waals surface area (Å²) in [4.78, 5) is 0. The van der Waals surface area contributed by atoms with Crippen molar-refractivity contribution in [1.29, 1.82) is 0 Å². The van der Waals surface area contributed by atoms with E-state index in [9.17, 15) is 57.8 Å². The number of aliphatic hydroxyl groups is 1. The second kappa shape index (κ2) is 6.15. The minimum atomic E-state index is -5.91. The Hall–Kier alpha value is -2.19. The molecule has 158 valence electrons. The van der Waals surface area contributed by atoms with E-state index in [0.29, 0.717) is 0 Å². The molecule has 0 saturated carbocycles. The fourth-order valence-corrected chi connectivity index (χ4v) is 2.26. The fraction of sp³-hybridized carbons (Fsp3) is 0.462. The summed E-state index contributed by atoms with van der Waals surface area (Å²) < 4.78 is 155. The van der Waals surface area contributed by atoms with E-state index >= 15 is 0 Å². The van der Waals surface area contributed by atoms with Crippen molar-refractivity contribution in [3.63, 3.8) is 0 Å². The first-order valence-corrected chi connectivity index (χ1v) is 6.80. The molecule has 1 aliphatic heterocycles. The molecule has 1 aliphatic rings. The van der Waals surface area contributed by atoms with E-state index in [1.807, 2.05) is 0 Å². The quantitative estimate of drug-likeness (QED) is 0.625. The molecule has 0 aliphatic carbocycles. The van der Waals surface area contributed by atoms with Gasteiger partial charge in [-0.05, 0) is 18.2 Å². The van der Waals surface area contributed by atoms with Gasteiger partial charge in [-0.15, -0.1) is 0 Å². The van der Waals surface area contributed by atoms with Gasteiger partial charge in [0.05, 0.1) is 23.2 Å². The maximum Gasteiger partial charge on any atom is 0.438 e. The molecule has 0 saturated heterocycles. The van der Waals surface area contributed by atoms with Crippen LogP contribution in [0.1, 0.15) is 17.5 Å². The molecule has 1 atom stereocenters. The number of hydrazone groups is 1. The lowest BCUT2D eigenvalue weighted by Gasteiger charge is -2.34. The van der Waals surface area contributed by atoms with E-state index in [1.54, 1.807) is 0 Å². The van der Waals surface area contributed by atoms with E-state index in [2.05, 4.69) is 5.10 Å². The van der Waals surface area contributed by atoms with E-state index in [-0.39, 0.29) is 12.1 Å². The van der Waals surface area contributed by atoms with Crippen LogP contribution in [0.4, 0.5) is 58.4 Å². The number of hydrogen-bond donors (Lipinski definition) is 1. The SMILES string of the molecule is OC1(C(F)(F)F)CC(C(F)(F)F)=NN1c1cc(C(F)(F)F)cc(C(F)(F)F)c1. The molecule has 0 fully saturated rings. The molecule has 1 N–H and O–H groups in total. The summed E-state index contributed by atoms with van der Waals surface area (Å²) in [5.74, 6) is 0. The summed E-state index contributed by atoms with van der Waals surface area (Å²) in [6, 6.07) is -1.01. The average Bonchev–Trinajstić information content (AvgIpc) is 2.84. The minimum Gasteiger partial charge on any atom is -0.362 e. The van der Waals surface area contributed by atoms with E-state index in [1.165, 1.54) is 0 Å². The maximum atomic E-state index is 13.1. The molecule has 0 spiro atoms. The molecule has 0 bridgehead atoms. The summed E-state index contributed by atoms with van der Waals surface area (Å²) in [5, 5.41) is 11.2. The summed E-state index contributed by atoms with van der Waals surface area (Å²) in [6.45, 7) is 0. The molecule has 3 nitrogen and oxygen atoms in total. The summed E-state index contributed by atoms with van der Waals surface area (Å²) in [5.41, 5.74) is -12.6. The second-order valence-electron chi connectivity index (χ2n) is 5.61. The Morgan fingerprint density at radius 3 is 1.50 bits per heavy atom. The van der Waals surface area contributed by atoms with Gasteiger partial charge in [0.15, 0.2) is 0 Å². The fourth-order valence-electron chi connectivity index (χ4n) is 2.26. The highest BCUT2D eigenvalue weighted by molar-refractivity contribution is 5.94. The van der Waals surface area contributed by atoms with Gasteiger partial charge in [-0.1, -0.05) is 0 Å². The van der Waals surface area contributed by atoms with Crippen LogP contribution in [0, 0.1) is 0 Å². The van der Waals surface area contributed by atoms with Gasteiger partial charge >= 0.3 is 24.7 Å². The third-order valence-electron chi connectivity index (χ3n) is 3.58.